The van der Waals surface area contributed by atoms with Gasteiger partial charge in [-0.1, -0.05) is 36.4 Å². The van der Waals surface area contributed by atoms with E-state index < -0.39 is 0 Å². The van der Waals surface area contributed by atoms with Crippen LogP contribution in [-0.2, 0) is 0 Å². The number of hydrogen-bond donors (Lipinski definition) is 1. The van der Waals surface area contributed by atoms with Crippen LogP contribution < -0.4 is 5.32 Å². The van der Waals surface area contributed by atoms with Crippen molar-refractivity contribution in [3.8, 4) is 0 Å². The van der Waals surface area contributed by atoms with Gasteiger partial charge >= 0.3 is 0 Å². The number of benzene rings is 2. The van der Waals surface area contributed by atoms with E-state index in [-0.39, 0.29) is 12.4 Å². The number of nitrogens with one attached hydrogen (secondary N) is 1. The molecule has 0 heterocycles. The molecule has 0 spiro atoms. The van der Waals surface area contributed by atoms with Crippen LogP contribution in [0.2, 0.25) is 0 Å². The maximum absolute atomic E-state index is 3.63. The van der Waals surface area contributed by atoms with Crippen molar-refractivity contribution in [2.45, 2.75) is 31.8 Å². The molecule has 1 fully saturated rings. The van der Waals surface area contributed by atoms with Crippen molar-refractivity contribution in [2.24, 2.45) is 0 Å². The second kappa shape index (κ2) is 5.07. The van der Waals surface area contributed by atoms with E-state index in [1.54, 1.807) is 0 Å². The Morgan fingerprint density at radius 3 is 2.47 bits per heavy atom. The summed E-state index contributed by atoms with van der Waals surface area (Å²) in [6, 6.07) is 16.5. The molecule has 1 unspecified atom stereocenters. The van der Waals surface area contributed by atoms with Crippen LogP contribution in [0.5, 0.6) is 0 Å². The molecule has 2 aromatic rings. The van der Waals surface area contributed by atoms with Crippen LogP contribution in [0.4, 0.5) is 0 Å². The van der Waals surface area contributed by atoms with Gasteiger partial charge in [-0.3, -0.25) is 0 Å². The van der Waals surface area contributed by atoms with Crippen molar-refractivity contribution in [3.63, 3.8) is 0 Å². The Morgan fingerprint density at radius 2 is 1.76 bits per heavy atom. The summed E-state index contributed by atoms with van der Waals surface area (Å²) in [6.45, 7) is 2.25. The first-order valence-electron chi connectivity index (χ1n) is 6.08. The van der Waals surface area contributed by atoms with Crippen LogP contribution in [0.3, 0.4) is 0 Å². The van der Waals surface area contributed by atoms with Gasteiger partial charge in [0.1, 0.15) is 0 Å². The van der Waals surface area contributed by atoms with Crippen molar-refractivity contribution in [2.75, 3.05) is 0 Å². The summed E-state index contributed by atoms with van der Waals surface area (Å²) in [7, 11) is 0. The zero-order valence-electron chi connectivity index (χ0n) is 10.0. The molecule has 3 rings (SSSR count). The maximum Gasteiger partial charge on any atom is 0.0294 e. The summed E-state index contributed by atoms with van der Waals surface area (Å²) in [6.07, 6.45) is 2.69. The zero-order valence-corrected chi connectivity index (χ0v) is 10.8. The Balaban J connectivity index is 0.00000108. The van der Waals surface area contributed by atoms with E-state index in [2.05, 4.69) is 54.7 Å². The van der Waals surface area contributed by atoms with Crippen molar-refractivity contribution in [3.05, 3.63) is 48.0 Å². The lowest BCUT2D eigenvalue weighted by Crippen LogP contribution is -2.20. The van der Waals surface area contributed by atoms with Gasteiger partial charge in [-0.2, -0.15) is 0 Å². The summed E-state index contributed by atoms with van der Waals surface area (Å²) in [5.41, 5.74) is 1.39. The highest BCUT2D eigenvalue weighted by atomic mass is 35.5. The molecule has 1 aliphatic rings. The maximum atomic E-state index is 3.63. The van der Waals surface area contributed by atoms with Crippen molar-refractivity contribution in [1.29, 1.82) is 0 Å². The molecule has 0 bridgehead atoms. The third-order valence-electron chi connectivity index (χ3n) is 3.34. The van der Waals surface area contributed by atoms with E-state index in [1.807, 2.05) is 0 Å². The Bertz CT molecular complexity index is 505. The molecule has 1 saturated carbocycles. The zero-order chi connectivity index (χ0) is 11.0. The normalized spacial score (nSPS) is 16.5. The molecular weight excluding hydrogens is 230 g/mol. The Labute approximate surface area is 109 Å². The predicted octanol–water partition coefficient (Wildman–Crippen LogP) is 4.07. The first-order chi connectivity index (χ1) is 7.83. The highest BCUT2D eigenvalue weighted by Crippen LogP contribution is 2.25. The van der Waals surface area contributed by atoms with Gasteiger partial charge in [0.2, 0.25) is 0 Å². The first-order valence-corrected chi connectivity index (χ1v) is 6.08. The standard InChI is InChI=1S/C15H17N.ClH/c1-11(16-15-8-9-15)13-7-6-12-4-2-3-5-14(12)10-13;/h2-7,10-11,15-16H,8-9H2,1H3;1H. The van der Waals surface area contributed by atoms with E-state index in [0.29, 0.717) is 6.04 Å². The van der Waals surface area contributed by atoms with Gasteiger partial charge in [0.15, 0.2) is 0 Å². The monoisotopic (exact) mass is 247 g/mol. The molecule has 0 aliphatic heterocycles. The highest BCUT2D eigenvalue weighted by molar-refractivity contribution is 5.85. The van der Waals surface area contributed by atoms with E-state index >= 15 is 0 Å². The molecule has 2 heteroatoms. The summed E-state index contributed by atoms with van der Waals surface area (Å²) in [5.74, 6) is 0. The van der Waals surface area contributed by atoms with Crippen molar-refractivity contribution >= 4 is 23.2 Å². The number of rotatable bonds is 3. The highest BCUT2D eigenvalue weighted by Gasteiger charge is 2.23. The summed E-state index contributed by atoms with van der Waals surface area (Å²) >= 11 is 0. The number of halogens is 1. The van der Waals surface area contributed by atoms with Crippen LogP contribution in [0.15, 0.2) is 42.5 Å². The van der Waals surface area contributed by atoms with E-state index in [0.717, 1.165) is 6.04 Å². The summed E-state index contributed by atoms with van der Waals surface area (Å²) in [4.78, 5) is 0. The van der Waals surface area contributed by atoms with Gasteiger partial charge in [0, 0.05) is 12.1 Å². The fourth-order valence-corrected chi connectivity index (χ4v) is 2.18. The fraction of sp³-hybridized carbons (Fsp3) is 0.333. The Hall–Kier alpha value is -1.05. The van der Waals surface area contributed by atoms with E-state index in [1.165, 1.54) is 29.2 Å². The average Bonchev–Trinajstić information content (AvgIpc) is 3.12. The van der Waals surface area contributed by atoms with Gasteiger partial charge in [-0.05, 0) is 42.2 Å². The topological polar surface area (TPSA) is 12.0 Å². The number of fused-ring (bicyclic) bond motifs is 1. The second-order valence-corrected chi connectivity index (χ2v) is 4.77. The molecule has 0 amide bonds. The predicted molar refractivity (Wildman–Crippen MR) is 75.8 cm³/mol. The van der Waals surface area contributed by atoms with Crippen LogP contribution in [0, 0.1) is 0 Å². The Kier molecular flexibility index (Phi) is 3.70. The smallest absolute Gasteiger partial charge is 0.0294 e. The molecule has 0 radical (unpaired) electrons. The largest absolute Gasteiger partial charge is 0.307 e. The Morgan fingerprint density at radius 1 is 1.06 bits per heavy atom. The van der Waals surface area contributed by atoms with Gasteiger partial charge in [0.25, 0.3) is 0 Å². The van der Waals surface area contributed by atoms with Crippen molar-refractivity contribution in [1.82, 2.24) is 5.32 Å². The second-order valence-electron chi connectivity index (χ2n) is 4.77. The SMILES string of the molecule is CC(NC1CC1)c1ccc2ccccc2c1.Cl. The fourth-order valence-electron chi connectivity index (χ4n) is 2.18. The average molecular weight is 248 g/mol. The molecule has 17 heavy (non-hydrogen) atoms. The third kappa shape index (κ3) is 2.80. The summed E-state index contributed by atoms with van der Waals surface area (Å²) < 4.78 is 0. The van der Waals surface area contributed by atoms with E-state index in [4.69, 9.17) is 0 Å². The minimum Gasteiger partial charge on any atom is -0.307 e. The molecule has 1 aliphatic carbocycles. The third-order valence-corrected chi connectivity index (χ3v) is 3.34. The lowest BCUT2D eigenvalue weighted by atomic mass is 10.0. The van der Waals surface area contributed by atoms with Crippen molar-refractivity contribution < 1.29 is 0 Å². The van der Waals surface area contributed by atoms with Gasteiger partial charge < -0.3 is 5.32 Å². The molecule has 0 saturated heterocycles. The minimum atomic E-state index is 0. The molecular formula is C15H18ClN. The first kappa shape index (κ1) is 12.4. The molecule has 90 valence electrons. The van der Waals surface area contributed by atoms with E-state index in [9.17, 15) is 0 Å². The van der Waals surface area contributed by atoms with Gasteiger partial charge in [0.05, 0.1) is 0 Å². The minimum absolute atomic E-state index is 0. The lowest BCUT2D eigenvalue weighted by molar-refractivity contribution is 0.571. The van der Waals surface area contributed by atoms with Crippen LogP contribution in [-0.4, -0.2) is 6.04 Å². The number of hydrogen-bond acceptors (Lipinski definition) is 1. The molecule has 1 N–H and O–H groups in total. The lowest BCUT2D eigenvalue weighted by Gasteiger charge is -2.14. The summed E-state index contributed by atoms with van der Waals surface area (Å²) in [5, 5.41) is 6.30. The van der Waals surface area contributed by atoms with Crippen LogP contribution >= 0.6 is 12.4 Å². The molecule has 2 aromatic carbocycles. The quantitative estimate of drug-likeness (QED) is 0.862. The van der Waals surface area contributed by atoms with Crippen LogP contribution in [0.25, 0.3) is 10.8 Å². The van der Waals surface area contributed by atoms with Gasteiger partial charge in [-0.15, -0.1) is 12.4 Å². The van der Waals surface area contributed by atoms with Crippen LogP contribution in [0.1, 0.15) is 31.4 Å². The van der Waals surface area contributed by atoms with Gasteiger partial charge in [-0.25, -0.2) is 0 Å². The molecule has 0 aromatic heterocycles. The molecule has 1 atom stereocenters. The molecule has 1 nitrogen and oxygen atoms in total.